The van der Waals surface area contributed by atoms with E-state index in [-0.39, 0.29) is 0 Å². The van der Waals surface area contributed by atoms with Gasteiger partial charge in [-0.3, -0.25) is 0 Å². The molecule has 0 bridgehead atoms. The van der Waals surface area contributed by atoms with Crippen LogP contribution in [-0.4, -0.2) is 26.2 Å². The summed E-state index contributed by atoms with van der Waals surface area (Å²) in [7, 11) is 0. The minimum atomic E-state index is 0.427. The quantitative estimate of drug-likeness (QED) is 0.917. The lowest BCUT2D eigenvalue weighted by molar-refractivity contribution is 0.539. The molecule has 2 rings (SSSR count). The minimum absolute atomic E-state index is 0.427. The average Bonchev–Trinajstić information content (AvgIpc) is 2.86. The van der Waals surface area contributed by atoms with Crippen LogP contribution in [0.25, 0.3) is 0 Å². The highest BCUT2D eigenvalue weighted by molar-refractivity contribution is 9.11. The Morgan fingerprint density at radius 3 is 2.94 bits per heavy atom. The van der Waals surface area contributed by atoms with Crippen LogP contribution in [0.15, 0.2) is 15.9 Å². The molecule has 0 amide bonds. The number of nitrogens with zero attached hydrogens (tertiary/aromatic N) is 4. The zero-order valence-corrected chi connectivity index (χ0v) is 12.1. The van der Waals surface area contributed by atoms with Gasteiger partial charge in [0.2, 0.25) is 0 Å². The van der Waals surface area contributed by atoms with E-state index < -0.39 is 0 Å². The molecule has 17 heavy (non-hydrogen) atoms. The first-order valence-electron chi connectivity index (χ1n) is 5.38. The SMILES string of the molecule is CC(C)NCc1nnnn1Cc1ccc(Br)s1. The molecule has 2 aromatic heterocycles. The average molecular weight is 316 g/mol. The lowest BCUT2D eigenvalue weighted by Gasteiger charge is -2.07. The minimum Gasteiger partial charge on any atom is -0.308 e. The number of tetrazole rings is 1. The highest BCUT2D eigenvalue weighted by Gasteiger charge is 2.08. The summed E-state index contributed by atoms with van der Waals surface area (Å²) < 4.78 is 2.95. The summed E-state index contributed by atoms with van der Waals surface area (Å²) in [4.78, 5) is 1.23. The smallest absolute Gasteiger partial charge is 0.165 e. The Labute approximate surface area is 112 Å². The van der Waals surface area contributed by atoms with Gasteiger partial charge < -0.3 is 5.32 Å². The number of hydrogen-bond donors (Lipinski definition) is 1. The summed E-state index contributed by atoms with van der Waals surface area (Å²) in [5, 5.41) is 15.1. The van der Waals surface area contributed by atoms with Crippen molar-refractivity contribution in [2.75, 3.05) is 0 Å². The topological polar surface area (TPSA) is 55.6 Å². The molecule has 0 spiro atoms. The first-order chi connectivity index (χ1) is 8.15. The standard InChI is InChI=1S/C10H14BrN5S/c1-7(2)12-5-10-13-14-15-16(10)6-8-3-4-9(11)17-8/h3-4,7,12H,5-6H2,1-2H3. The van der Waals surface area contributed by atoms with Crippen LogP contribution in [0, 0.1) is 0 Å². The molecule has 0 aromatic carbocycles. The summed E-state index contributed by atoms with van der Waals surface area (Å²) >= 11 is 5.15. The van der Waals surface area contributed by atoms with E-state index in [0.717, 1.165) is 16.2 Å². The fourth-order valence-electron chi connectivity index (χ4n) is 1.35. The van der Waals surface area contributed by atoms with Crippen LogP contribution in [0.5, 0.6) is 0 Å². The van der Waals surface area contributed by atoms with Crippen molar-refractivity contribution in [2.45, 2.75) is 33.0 Å². The van der Waals surface area contributed by atoms with Crippen molar-refractivity contribution in [1.82, 2.24) is 25.5 Å². The third-order valence-electron chi connectivity index (χ3n) is 2.21. The van der Waals surface area contributed by atoms with E-state index in [0.29, 0.717) is 12.6 Å². The van der Waals surface area contributed by atoms with Gasteiger partial charge in [0.05, 0.1) is 16.9 Å². The number of nitrogens with one attached hydrogen (secondary N) is 1. The second-order valence-electron chi connectivity index (χ2n) is 3.99. The van der Waals surface area contributed by atoms with Crippen LogP contribution < -0.4 is 5.32 Å². The van der Waals surface area contributed by atoms with Gasteiger partial charge in [0.25, 0.3) is 0 Å². The zero-order valence-electron chi connectivity index (χ0n) is 9.72. The predicted molar refractivity (Wildman–Crippen MR) is 70.9 cm³/mol. The van der Waals surface area contributed by atoms with Crippen molar-refractivity contribution in [1.29, 1.82) is 0 Å². The van der Waals surface area contributed by atoms with Crippen molar-refractivity contribution >= 4 is 27.3 Å². The Kier molecular flexibility index (Phi) is 4.25. The summed E-state index contributed by atoms with van der Waals surface area (Å²) in [6, 6.07) is 4.54. The number of rotatable bonds is 5. The monoisotopic (exact) mass is 315 g/mol. The van der Waals surface area contributed by atoms with Crippen LogP contribution in [0.1, 0.15) is 24.5 Å². The Balaban J connectivity index is 2.03. The molecule has 0 aliphatic rings. The molecule has 92 valence electrons. The van der Waals surface area contributed by atoms with Gasteiger partial charge in [-0.2, -0.15) is 0 Å². The maximum absolute atomic E-state index is 4.02. The molecule has 0 aliphatic heterocycles. The number of hydrogen-bond acceptors (Lipinski definition) is 5. The van der Waals surface area contributed by atoms with E-state index in [2.05, 4.69) is 56.7 Å². The van der Waals surface area contributed by atoms with Crippen LogP contribution in [0.4, 0.5) is 0 Å². The van der Waals surface area contributed by atoms with E-state index in [1.54, 1.807) is 11.3 Å². The molecule has 0 saturated heterocycles. The van der Waals surface area contributed by atoms with Gasteiger partial charge in [0, 0.05) is 10.9 Å². The third-order valence-corrected chi connectivity index (χ3v) is 3.82. The molecule has 2 aromatic rings. The van der Waals surface area contributed by atoms with Gasteiger partial charge in [0.1, 0.15) is 0 Å². The van der Waals surface area contributed by atoms with Gasteiger partial charge in [0.15, 0.2) is 5.82 Å². The van der Waals surface area contributed by atoms with E-state index in [4.69, 9.17) is 0 Å². The zero-order chi connectivity index (χ0) is 12.3. The Morgan fingerprint density at radius 2 is 2.29 bits per heavy atom. The van der Waals surface area contributed by atoms with Crippen LogP contribution >= 0.6 is 27.3 Å². The second-order valence-corrected chi connectivity index (χ2v) is 6.54. The molecular formula is C10H14BrN5S. The number of aromatic nitrogens is 4. The molecule has 7 heteroatoms. The van der Waals surface area contributed by atoms with Crippen LogP contribution in [0.2, 0.25) is 0 Å². The molecule has 0 atom stereocenters. The maximum Gasteiger partial charge on any atom is 0.165 e. The molecule has 0 unspecified atom stereocenters. The Morgan fingerprint density at radius 1 is 1.47 bits per heavy atom. The summed E-state index contributed by atoms with van der Waals surface area (Å²) in [6.45, 7) is 5.62. The second kappa shape index (κ2) is 5.70. The number of thiophene rings is 1. The van der Waals surface area contributed by atoms with Gasteiger partial charge in [-0.05, 0) is 38.5 Å². The molecule has 0 fully saturated rings. The van der Waals surface area contributed by atoms with Crippen molar-refractivity contribution in [3.8, 4) is 0 Å². The highest BCUT2D eigenvalue weighted by Crippen LogP contribution is 2.22. The molecule has 5 nitrogen and oxygen atoms in total. The van der Waals surface area contributed by atoms with Gasteiger partial charge in [-0.25, -0.2) is 4.68 Å². The summed E-state index contributed by atoms with van der Waals surface area (Å²) in [5.41, 5.74) is 0. The predicted octanol–water partition coefficient (Wildman–Crippen LogP) is 2.04. The van der Waals surface area contributed by atoms with Crippen LogP contribution in [-0.2, 0) is 13.1 Å². The lowest BCUT2D eigenvalue weighted by Crippen LogP contribution is -2.24. The molecule has 0 aliphatic carbocycles. The van der Waals surface area contributed by atoms with Crippen molar-refractivity contribution in [2.24, 2.45) is 0 Å². The summed E-state index contributed by atoms with van der Waals surface area (Å²) in [6.07, 6.45) is 0. The summed E-state index contributed by atoms with van der Waals surface area (Å²) in [5.74, 6) is 0.864. The maximum atomic E-state index is 4.02. The van der Waals surface area contributed by atoms with Crippen molar-refractivity contribution in [3.05, 3.63) is 26.6 Å². The first-order valence-corrected chi connectivity index (χ1v) is 6.98. The molecule has 1 N–H and O–H groups in total. The van der Waals surface area contributed by atoms with Gasteiger partial charge in [-0.15, -0.1) is 16.4 Å². The largest absolute Gasteiger partial charge is 0.308 e. The fourth-order valence-corrected chi connectivity index (χ4v) is 2.82. The first kappa shape index (κ1) is 12.7. The lowest BCUT2D eigenvalue weighted by atomic mass is 10.4. The van der Waals surface area contributed by atoms with Gasteiger partial charge >= 0.3 is 0 Å². The highest BCUT2D eigenvalue weighted by atomic mass is 79.9. The Hall–Kier alpha value is -0.790. The normalized spacial score (nSPS) is 11.3. The van der Waals surface area contributed by atoms with E-state index >= 15 is 0 Å². The third kappa shape index (κ3) is 3.58. The molecule has 0 saturated carbocycles. The molecule has 0 radical (unpaired) electrons. The van der Waals surface area contributed by atoms with E-state index in [9.17, 15) is 0 Å². The number of halogens is 1. The molecule has 2 heterocycles. The Bertz CT molecular complexity index is 479. The van der Waals surface area contributed by atoms with Crippen LogP contribution in [0.3, 0.4) is 0 Å². The van der Waals surface area contributed by atoms with Gasteiger partial charge in [-0.1, -0.05) is 13.8 Å². The van der Waals surface area contributed by atoms with Crippen molar-refractivity contribution in [3.63, 3.8) is 0 Å². The fraction of sp³-hybridized carbons (Fsp3) is 0.500. The van der Waals surface area contributed by atoms with E-state index in [1.807, 2.05) is 10.7 Å². The van der Waals surface area contributed by atoms with E-state index in [1.165, 1.54) is 4.88 Å². The van der Waals surface area contributed by atoms with Crippen molar-refractivity contribution < 1.29 is 0 Å². The molecular weight excluding hydrogens is 302 g/mol.